The Hall–Kier alpha value is -0.770. The molecule has 2 aliphatic heterocycles. The van der Waals surface area contributed by atoms with Gasteiger partial charge in [-0.1, -0.05) is 11.6 Å². The first-order valence-corrected chi connectivity index (χ1v) is 7.93. The van der Waals surface area contributed by atoms with Gasteiger partial charge in [-0.2, -0.15) is 0 Å². The standard InChI is InChI=1S/C16H23ClN2O/c1-19-6-2-3-12(11-19)9-18-10-15-8-13-7-14(17)4-5-16(13)20-15/h4-5,7,12,15,18H,2-3,6,8-11H2,1H3. The summed E-state index contributed by atoms with van der Waals surface area (Å²) in [5.74, 6) is 1.78. The number of rotatable bonds is 4. The van der Waals surface area contributed by atoms with Crippen molar-refractivity contribution in [1.29, 1.82) is 0 Å². The van der Waals surface area contributed by atoms with Gasteiger partial charge in [0.2, 0.25) is 0 Å². The summed E-state index contributed by atoms with van der Waals surface area (Å²) >= 11 is 6.01. The number of nitrogens with one attached hydrogen (secondary N) is 1. The predicted molar refractivity (Wildman–Crippen MR) is 82.7 cm³/mol. The van der Waals surface area contributed by atoms with Gasteiger partial charge in [0.15, 0.2) is 0 Å². The van der Waals surface area contributed by atoms with Gasteiger partial charge in [-0.05, 0) is 62.7 Å². The molecule has 110 valence electrons. The van der Waals surface area contributed by atoms with E-state index in [0.717, 1.165) is 36.2 Å². The third-order valence-electron chi connectivity index (χ3n) is 4.29. The first-order chi connectivity index (χ1) is 9.70. The molecule has 2 atom stereocenters. The molecule has 0 bridgehead atoms. The Morgan fingerprint density at radius 1 is 1.40 bits per heavy atom. The summed E-state index contributed by atoms with van der Waals surface area (Å²) in [6.45, 7) is 4.49. The van der Waals surface area contributed by atoms with Crippen molar-refractivity contribution in [2.75, 3.05) is 33.2 Å². The average Bonchev–Trinajstić information content (AvgIpc) is 2.80. The van der Waals surface area contributed by atoms with E-state index in [1.807, 2.05) is 18.2 Å². The molecule has 0 amide bonds. The molecule has 3 rings (SSSR count). The lowest BCUT2D eigenvalue weighted by atomic mass is 9.98. The van der Waals surface area contributed by atoms with Crippen LogP contribution in [0, 0.1) is 5.92 Å². The molecule has 20 heavy (non-hydrogen) atoms. The van der Waals surface area contributed by atoms with E-state index in [4.69, 9.17) is 16.3 Å². The van der Waals surface area contributed by atoms with Gasteiger partial charge >= 0.3 is 0 Å². The van der Waals surface area contributed by atoms with Crippen molar-refractivity contribution in [3.63, 3.8) is 0 Å². The second kappa shape index (κ2) is 6.33. The van der Waals surface area contributed by atoms with Crippen molar-refractivity contribution in [1.82, 2.24) is 10.2 Å². The third-order valence-corrected chi connectivity index (χ3v) is 4.53. The van der Waals surface area contributed by atoms with Gasteiger partial charge in [-0.15, -0.1) is 0 Å². The Labute approximate surface area is 126 Å². The zero-order valence-corrected chi connectivity index (χ0v) is 12.8. The number of fused-ring (bicyclic) bond motifs is 1. The minimum Gasteiger partial charge on any atom is -0.488 e. The molecular formula is C16H23ClN2O. The molecule has 2 heterocycles. The summed E-state index contributed by atoms with van der Waals surface area (Å²) in [6.07, 6.45) is 3.89. The maximum absolute atomic E-state index is 6.01. The Morgan fingerprint density at radius 3 is 3.15 bits per heavy atom. The van der Waals surface area contributed by atoms with Gasteiger partial charge in [0.25, 0.3) is 0 Å². The fourth-order valence-corrected chi connectivity index (χ4v) is 3.49. The lowest BCUT2D eigenvalue weighted by Gasteiger charge is -2.30. The van der Waals surface area contributed by atoms with Gasteiger partial charge in [0.05, 0.1) is 0 Å². The average molecular weight is 295 g/mol. The van der Waals surface area contributed by atoms with Crippen LogP contribution in [0.1, 0.15) is 18.4 Å². The zero-order valence-electron chi connectivity index (χ0n) is 12.1. The summed E-state index contributed by atoms with van der Waals surface area (Å²) < 4.78 is 5.94. The van der Waals surface area contributed by atoms with Gasteiger partial charge in [-0.3, -0.25) is 0 Å². The van der Waals surface area contributed by atoms with Crippen LogP contribution < -0.4 is 10.1 Å². The van der Waals surface area contributed by atoms with Crippen LogP contribution in [0.5, 0.6) is 5.75 Å². The molecule has 1 aromatic carbocycles. The van der Waals surface area contributed by atoms with E-state index in [-0.39, 0.29) is 6.10 Å². The molecule has 4 heteroatoms. The van der Waals surface area contributed by atoms with Crippen LogP contribution in [0.15, 0.2) is 18.2 Å². The highest BCUT2D eigenvalue weighted by Gasteiger charge is 2.23. The molecule has 1 aromatic rings. The normalized spacial score (nSPS) is 26.3. The van der Waals surface area contributed by atoms with E-state index < -0.39 is 0 Å². The smallest absolute Gasteiger partial charge is 0.123 e. The molecule has 0 spiro atoms. The fourth-order valence-electron chi connectivity index (χ4n) is 3.29. The second-order valence-electron chi connectivity index (χ2n) is 6.12. The zero-order chi connectivity index (χ0) is 13.9. The highest BCUT2D eigenvalue weighted by atomic mass is 35.5. The number of benzene rings is 1. The predicted octanol–water partition coefficient (Wildman–Crippen LogP) is 2.57. The lowest BCUT2D eigenvalue weighted by Crippen LogP contribution is -2.39. The quantitative estimate of drug-likeness (QED) is 0.924. The highest BCUT2D eigenvalue weighted by molar-refractivity contribution is 6.30. The summed E-state index contributed by atoms with van der Waals surface area (Å²) in [7, 11) is 2.21. The minimum absolute atomic E-state index is 0.254. The molecule has 2 aliphatic rings. The SMILES string of the molecule is CN1CCCC(CNCC2Cc3cc(Cl)ccc3O2)C1. The summed E-state index contributed by atoms with van der Waals surface area (Å²) in [6, 6.07) is 5.90. The van der Waals surface area contributed by atoms with Gasteiger partial charge in [-0.25, -0.2) is 0 Å². The molecule has 1 N–H and O–H groups in total. The largest absolute Gasteiger partial charge is 0.488 e. The molecular weight excluding hydrogens is 272 g/mol. The first kappa shape index (κ1) is 14.2. The van der Waals surface area contributed by atoms with Crippen LogP contribution in [0.3, 0.4) is 0 Å². The van der Waals surface area contributed by atoms with Gasteiger partial charge in [0.1, 0.15) is 11.9 Å². The monoisotopic (exact) mass is 294 g/mol. The van der Waals surface area contributed by atoms with E-state index in [0.29, 0.717) is 0 Å². The molecule has 0 aliphatic carbocycles. The highest BCUT2D eigenvalue weighted by Crippen LogP contribution is 2.30. The first-order valence-electron chi connectivity index (χ1n) is 7.55. The van der Waals surface area contributed by atoms with Crippen molar-refractivity contribution in [3.05, 3.63) is 28.8 Å². The number of hydrogen-bond acceptors (Lipinski definition) is 3. The van der Waals surface area contributed by atoms with Crippen molar-refractivity contribution in [2.45, 2.75) is 25.4 Å². The topological polar surface area (TPSA) is 24.5 Å². The van der Waals surface area contributed by atoms with Gasteiger partial charge < -0.3 is 15.0 Å². The Bertz CT molecular complexity index is 466. The van der Waals surface area contributed by atoms with Gasteiger partial charge in [0, 0.05) is 24.5 Å². The molecule has 1 saturated heterocycles. The van der Waals surface area contributed by atoms with Crippen LogP contribution in [0.4, 0.5) is 0 Å². The van der Waals surface area contributed by atoms with Crippen molar-refractivity contribution >= 4 is 11.6 Å². The maximum Gasteiger partial charge on any atom is 0.123 e. The number of hydrogen-bond donors (Lipinski definition) is 1. The van der Waals surface area contributed by atoms with Crippen molar-refractivity contribution < 1.29 is 4.74 Å². The van der Waals surface area contributed by atoms with E-state index in [2.05, 4.69) is 17.3 Å². The van der Waals surface area contributed by atoms with Crippen molar-refractivity contribution in [2.24, 2.45) is 5.92 Å². The number of halogens is 1. The summed E-state index contributed by atoms with van der Waals surface area (Å²) in [4.78, 5) is 2.43. The molecule has 0 radical (unpaired) electrons. The number of nitrogens with zero attached hydrogens (tertiary/aromatic N) is 1. The van der Waals surface area contributed by atoms with Crippen LogP contribution in [-0.4, -0.2) is 44.2 Å². The van der Waals surface area contributed by atoms with Crippen LogP contribution in [0.2, 0.25) is 5.02 Å². The number of likely N-dealkylation sites (tertiary alicyclic amines) is 1. The maximum atomic E-state index is 6.01. The van der Waals surface area contributed by atoms with Crippen LogP contribution >= 0.6 is 11.6 Å². The van der Waals surface area contributed by atoms with Crippen LogP contribution in [-0.2, 0) is 6.42 Å². The lowest BCUT2D eigenvalue weighted by molar-refractivity contribution is 0.192. The molecule has 1 fully saturated rings. The number of piperidine rings is 1. The van der Waals surface area contributed by atoms with Crippen molar-refractivity contribution in [3.8, 4) is 5.75 Å². The third kappa shape index (κ3) is 3.46. The van der Waals surface area contributed by atoms with E-state index >= 15 is 0 Å². The van der Waals surface area contributed by atoms with E-state index in [9.17, 15) is 0 Å². The molecule has 3 nitrogen and oxygen atoms in total. The molecule has 2 unspecified atom stereocenters. The molecule has 0 aromatic heterocycles. The number of ether oxygens (including phenoxy) is 1. The Morgan fingerprint density at radius 2 is 2.30 bits per heavy atom. The minimum atomic E-state index is 0.254. The Kier molecular flexibility index (Phi) is 4.49. The second-order valence-corrected chi connectivity index (χ2v) is 6.56. The van der Waals surface area contributed by atoms with E-state index in [1.54, 1.807) is 0 Å². The fraction of sp³-hybridized carbons (Fsp3) is 0.625. The Balaban J connectivity index is 1.42. The van der Waals surface area contributed by atoms with Crippen LogP contribution in [0.25, 0.3) is 0 Å². The summed E-state index contributed by atoms with van der Waals surface area (Å²) in [5, 5.41) is 4.38. The molecule has 0 saturated carbocycles. The van der Waals surface area contributed by atoms with E-state index in [1.165, 1.54) is 31.5 Å². The summed E-state index contributed by atoms with van der Waals surface area (Å²) in [5.41, 5.74) is 1.24.